The average molecular weight is 312 g/mol. The first-order chi connectivity index (χ1) is 10.2. The first-order valence-corrected chi connectivity index (χ1v) is 8.94. The number of carbonyl (C=O) groups is 1. The third-order valence-corrected chi connectivity index (χ3v) is 4.67. The molecule has 0 saturated heterocycles. The standard InChI is InChI=1S/C18H36N2O2/c1-7-20(17(21)22-18(4,5)6)12-8-11-19-16-10-9-14(2)15(3)13-16/h14-16,19H,7-13H2,1-6H3. The molecule has 3 atom stereocenters. The second kappa shape index (κ2) is 8.76. The lowest BCUT2D eigenvalue weighted by molar-refractivity contribution is 0.0258. The Morgan fingerprint density at radius 3 is 2.45 bits per heavy atom. The topological polar surface area (TPSA) is 41.6 Å². The molecule has 22 heavy (non-hydrogen) atoms. The smallest absolute Gasteiger partial charge is 0.410 e. The molecule has 0 bridgehead atoms. The molecule has 0 spiro atoms. The molecule has 1 aliphatic carbocycles. The lowest BCUT2D eigenvalue weighted by Crippen LogP contribution is -2.40. The number of nitrogens with zero attached hydrogens (tertiary/aromatic N) is 1. The van der Waals surface area contributed by atoms with Gasteiger partial charge >= 0.3 is 6.09 Å². The van der Waals surface area contributed by atoms with E-state index in [1.54, 1.807) is 4.90 Å². The molecule has 0 aromatic rings. The van der Waals surface area contributed by atoms with Gasteiger partial charge in [-0.25, -0.2) is 4.79 Å². The summed E-state index contributed by atoms with van der Waals surface area (Å²) in [6, 6.07) is 0.655. The van der Waals surface area contributed by atoms with E-state index in [2.05, 4.69) is 19.2 Å². The molecule has 1 N–H and O–H groups in total. The lowest BCUT2D eigenvalue weighted by atomic mass is 9.79. The van der Waals surface area contributed by atoms with Crippen molar-refractivity contribution in [3.05, 3.63) is 0 Å². The Balaban J connectivity index is 2.23. The number of carbonyl (C=O) groups excluding carboxylic acids is 1. The Labute approximate surface area is 137 Å². The molecular formula is C18H36N2O2. The van der Waals surface area contributed by atoms with Crippen LogP contribution in [-0.4, -0.2) is 42.3 Å². The summed E-state index contributed by atoms with van der Waals surface area (Å²) in [5.41, 5.74) is -0.419. The van der Waals surface area contributed by atoms with E-state index in [4.69, 9.17) is 4.74 Å². The maximum absolute atomic E-state index is 12.0. The number of ether oxygens (including phenoxy) is 1. The summed E-state index contributed by atoms with van der Waals surface area (Å²) in [5.74, 6) is 1.68. The van der Waals surface area contributed by atoms with Crippen molar-refractivity contribution in [3.8, 4) is 0 Å². The zero-order chi connectivity index (χ0) is 16.8. The van der Waals surface area contributed by atoms with E-state index in [1.807, 2.05) is 27.7 Å². The van der Waals surface area contributed by atoms with Crippen LogP contribution in [0.4, 0.5) is 4.79 Å². The molecule has 3 unspecified atom stereocenters. The van der Waals surface area contributed by atoms with Crippen LogP contribution in [-0.2, 0) is 4.74 Å². The number of hydrogen-bond acceptors (Lipinski definition) is 3. The molecule has 0 aromatic carbocycles. The van der Waals surface area contributed by atoms with Crippen molar-refractivity contribution in [3.63, 3.8) is 0 Å². The maximum Gasteiger partial charge on any atom is 0.410 e. The zero-order valence-corrected chi connectivity index (χ0v) is 15.4. The Morgan fingerprint density at radius 1 is 1.23 bits per heavy atom. The minimum atomic E-state index is -0.419. The second-order valence-corrected chi connectivity index (χ2v) is 7.83. The first-order valence-electron chi connectivity index (χ1n) is 8.94. The van der Waals surface area contributed by atoms with Gasteiger partial charge < -0.3 is 15.0 Å². The summed E-state index contributed by atoms with van der Waals surface area (Å²) >= 11 is 0. The van der Waals surface area contributed by atoms with Gasteiger partial charge in [0.1, 0.15) is 5.60 Å². The fourth-order valence-corrected chi connectivity index (χ4v) is 3.01. The van der Waals surface area contributed by atoms with Gasteiger partial charge in [-0.1, -0.05) is 13.8 Å². The van der Waals surface area contributed by atoms with Crippen molar-refractivity contribution >= 4 is 6.09 Å². The monoisotopic (exact) mass is 312 g/mol. The van der Waals surface area contributed by atoms with Gasteiger partial charge in [0.05, 0.1) is 0 Å². The van der Waals surface area contributed by atoms with Crippen LogP contribution >= 0.6 is 0 Å². The van der Waals surface area contributed by atoms with Crippen molar-refractivity contribution in [2.75, 3.05) is 19.6 Å². The fourth-order valence-electron chi connectivity index (χ4n) is 3.01. The average Bonchev–Trinajstić information content (AvgIpc) is 2.40. The predicted octanol–water partition coefficient (Wildman–Crippen LogP) is 4.05. The van der Waals surface area contributed by atoms with Gasteiger partial charge in [-0.05, 0) is 71.8 Å². The molecule has 1 aliphatic rings. The third-order valence-electron chi connectivity index (χ3n) is 4.67. The largest absolute Gasteiger partial charge is 0.444 e. The molecule has 1 amide bonds. The van der Waals surface area contributed by atoms with E-state index in [0.29, 0.717) is 12.6 Å². The summed E-state index contributed by atoms with van der Waals surface area (Å²) in [6.07, 6.45) is 4.68. The Kier molecular flexibility index (Phi) is 7.67. The van der Waals surface area contributed by atoms with Crippen molar-refractivity contribution in [1.82, 2.24) is 10.2 Å². The van der Waals surface area contributed by atoms with Crippen molar-refractivity contribution in [2.24, 2.45) is 11.8 Å². The van der Waals surface area contributed by atoms with Crippen molar-refractivity contribution in [2.45, 2.75) is 78.9 Å². The molecule has 0 aromatic heterocycles. The second-order valence-electron chi connectivity index (χ2n) is 7.83. The highest BCUT2D eigenvalue weighted by atomic mass is 16.6. The number of hydrogen-bond donors (Lipinski definition) is 1. The number of nitrogens with one attached hydrogen (secondary N) is 1. The van der Waals surface area contributed by atoms with E-state index < -0.39 is 5.60 Å². The summed E-state index contributed by atoms with van der Waals surface area (Å²) < 4.78 is 5.43. The molecule has 1 saturated carbocycles. The summed E-state index contributed by atoms with van der Waals surface area (Å²) in [7, 11) is 0. The number of rotatable bonds is 6. The Hall–Kier alpha value is -0.770. The molecule has 0 heterocycles. The van der Waals surface area contributed by atoms with Gasteiger partial charge in [0.2, 0.25) is 0 Å². The summed E-state index contributed by atoms with van der Waals surface area (Å²) in [4.78, 5) is 13.8. The zero-order valence-electron chi connectivity index (χ0n) is 15.4. The van der Waals surface area contributed by atoms with Crippen LogP contribution in [0.1, 0.15) is 67.2 Å². The van der Waals surface area contributed by atoms with Crippen LogP contribution in [0.25, 0.3) is 0 Å². The van der Waals surface area contributed by atoms with E-state index in [0.717, 1.165) is 31.3 Å². The van der Waals surface area contributed by atoms with Gasteiger partial charge in [-0.2, -0.15) is 0 Å². The molecular weight excluding hydrogens is 276 g/mol. The van der Waals surface area contributed by atoms with Gasteiger partial charge in [0, 0.05) is 19.1 Å². The van der Waals surface area contributed by atoms with Gasteiger partial charge in [-0.3, -0.25) is 0 Å². The quantitative estimate of drug-likeness (QED) is 0.752. The van der Waals surface area contributed by atoms with Crippen LogP contribution in [0.15, 0.2) is 0 Å². The fraction of sp³-hybridized carbons (Fsp3) is 0.944. The van der Waals surface area contributed by atoms with E-state index in [-0.39, 0.29) is 6.09 Å². The minimum absolute atomic E-state index is 0.199. The minimum Gasteiger partial charge on any atom is -0.444 e. The molecule has 0 aliphatic heterocycles. The van der Waals surface area contributed by atoms with E-state index in [1.165, 1.54) is 19.3 Å². The maximum atomic E-state index is 12.0. The van der Waals surface area contributed by atoms with Crippen LogP contribution in [0, 0.1) is 11.8 Å². The van der Waals surface area contributed by atoms with Crippen LogP contribution in [0.2, 0.25) is 0 Å². The predicted molar refractivity (Wildman–Crippen MR) is 92.1 cm³/mol. The molecule has 4 nitrogen and oxygen atoms in total. The number of amides is 1. The summed E-state index contributed by atoms with van der Waals surface area (Å²) in [5, 5.41) is 3.66. The van der Waals surface area contributed by atoms with E-state index in [9.17, 15) is 4.79 Å². The van der Waals surface area contributed by atoms with Crippen LogP contribution in [0.5, 0.6) is 0 Å². The molecule has 1 rings (SSSR count). The molecule has 130 valence electrons. The van der Waals surface area contributed by atoms with E-state index >= 15 is 0 Å². The Morgan fingerprint density at radius 2 is 1.91 bits per heavy atom. The van der Waals surface area contributed by atoms with Crippen molar-refractivity contribution < 1.29 is 9.53 Å². The molecule has 4 heteroatoms. The lowest BCUT2D eigenvalue weighted by Gasteiger charge is -2.33. The molecule has 0 radical (unpaired) electrons. The van der Waals surface area contributed by atoms with Crippen LogP contribution < -0.4 is 5.32 Å². The summed E-state index contributed by atoms with van der Waals surface area (Å²) in [6.45, 7) is 14.9. The normalized spacial score (nSPS) is 25.8. The van der Waals surface area contributed by atoms with Crippen molar-refractivity contribution in [1.29, 1.82) is 0 Å². The highest BCUT2D eigenvalue weighted by molar-refractivity contribution is 5.68. The Bertz CT molecular complexity index is 338. The van der Waals surface area contributed by atoms with Gasteiger partial charge in [0.15, 0.2) is 0 Å². The van der Waals surface area contributed by atoms with Crippen LogP contribution in [0.3, 0.4) is 0 Å². The third kappa shape index (κ3) is 6.99. The van der Waals surface area contributed by atoms with Gasteiger partial charge in [-0.15, -0.1) is 0 Å². The highest BCUT2D eigenvalue weighted by Crippen LogP contribution is 2.29. The van der Waals surface area contributed by atoms with Gasteiger partial charge in [0.25, 0.3) is 0 Å². The SMILES string of the molecule is CCN(CCCNC1CCC(C)C(C)C1)C(=O)OC(C)(C)C. The highest BCUT2D eigenvalue weighted by Gasteiger charge is 2.24. The molecule has 1 fully saturated rings. The first kappa shape index (κ1) is 19.3.